The first kappa shape index (κ1) is 17.5. The van der Waals surface area contributed by atoms with Crippen LogP contribution < -0.4 is 0 Å². The molecular formula is C18H34O2. The van der Waals surface area contributed by atoms with Gasteiger partial charge in [0.1, 0.15) is 5.60 Å². The highest BCUT2D eigenvalue weighted by Crippen LogP contribution is 2.47. The lowest BCUT2D eigenvalue weighted by Gasteiger charge is -2.47. The fraction of sp³-hybridized carbons (Fsp3) is 0.944. The maximum atomic E-state index is 12.6. The van der Waals surface area contributed by atoms with Gasteiger partial charge in [0.2, 0.25) is 0 Å². The van der Waals surface area contributed by atoms with Gasteiger partial charge in [0.15, 0.2) is 0 Å². The Morgan fingerprint density at radius 3 is 1.85 bits per heavy atom. The van der Waals surface area contributed by atoms with Crippen molar-refractivity contribution in [2.75, 3.05) is 0 Å². The van der Waals surface area contributed by atoms with Gasteiger partial charge < -0.3 is 4.74 Å². The zero-order valence-electron chi connectivity index (χ0n) is 14.5. The third-order valence-corrected chi connectivity index (χ3v) is 5.75. The molecule has 1 fully saturated rings. The predicted octanol–water partition coefficient (Wildman–Crippen LogP) is 5.50. The summed E-state index contributed by atoms with van der Waals surface area (Å²) in [6.45, 7) is 12.8. The van der Waals surface area contributed by atoms with Crippen LogP contribution in [-0.4, -0.2) is 11.6 Å². The highest BCUT2D eigenvalue weighted by molar-refractivity contribution is 5.76. The van der Waals surface area contributed by atoms with Crippen molar-refractivity contribution in [2.45, 2.75) is 98.5 Å². The molecule has 0 N–H and O–H groups in total. The van der Waals surface area contributed by atoms with Gasteiger partial charge in [-0.05, 0) is 52.4 Å². The fourth-order valence-corrected chi connectivity index (χ4v) is 3.00. The summed E-state index contributed by atoms with van der Waals surface area (Å²) in [6.07, 6.45) is 8.85. The van der Waals surface area contributed by atoms with Crippen LogP contribution in [0.5, 0.6) is 0 Å². The zero-order valence-corrected chi connectivity index (χ0v) is 14.5. The van der Waals surface area contributed by atoms with Gasteiger partial charge in [-0.25, -0.2) is 0 Å². The van der Waals surface area contributed by atoms with Crippen molar-refractivity contribution in [3.05, 3.63) is 0 Å². The average molecular weight is 282 g/mol. The molecule has 1 saturated carbocycles. The molecule has 0 aromatic rings. The number of rotatable bonds is 5. The van der Waals surface area contributed by atoms with E-state index in [2.05, 4.69) is 27.7 Å². The van der Waals surface area contributed by atoms with E-state index < -0.39 is 0 Å². The van der Waals surface area contributed by atoms with Crippen molar-refractivity contribution in [3.63, 3.8) is 0 Å². The van der Waals surface area contributed by atoms with E-state index in [0.29, 0.717) is 0 Å². The highest BCUT2D eigenvalue weighted by Gasteiger charge is 2.48. The standard InChI is InChI=1S/C18H34O2/c1-7-16(3,4)15(19)20-18(17(5,6)8-2)13-11-9-10-12-14-18/h7-14H2,1-6H3. The molecule has 0 radical (unpaired) electrons. The minimum atomic E-state index is -0.372. The van der Waals surface area contributed by atoms with Gasteiger partial charge in [-0.3, -0.25) is 4.79 Å². The molecule has 0 bridgehead atoms. The minimum Gasteiger partial charge on any atom is -0.458 e. The van der Waals surface area contributed by atoms with E-state index in [4.69, 9.17) is 4.74 Å². The first-order valence-electron chi connectivity index (χ1n) is 8.44. The van der Waals surface area contributed by atoms with Crippen LogP contribution in [0, 0.1) is 10.8 Å². The molecule has 118 valence electrons. The molecule has 0 unspecified atom stereocenters. The van der Waals surface area contributed by atoms with Crippen LogP contribution in [0.25, 0.3) is 0 Å². The van der Waals surface area contributed by atoms with E-state index in [9.17, 15) is 4.79 Å². The highest BCUT2D eigenvalue weighted by atomic mass is 16.6. The number of hydrogen-bond acceptors (Lipinski definition) is 2. The largest absolute Gasteiger partial charge is 0.458 e. The molecule has 2 heteroatoms. The SMILES string of the molecule is CCC(C)(C)C(=O)OC1(C(C)(C)CC)CCCCCC1. The van der Waals surface area contributed by atoms with Crippen molar-refractivity contribution in [1.82, 2.24) is 0 Å². The lowest BCUT2D eigenvalue weighted by Crippen LogP contribution is -2.49. The van der Waals surface area contributed by atoms with Gasteiger partial charge in [0.05, 0.1) is 5.41 Å². The monoisotopic (exact) mass is 282 g/mol. The second-order valence-electron chi connectivity index (χ2n) is 7.77. The van der Waals surface area contributed by atoms with E-state index in [0.717, 1.165) is 25.7 Å². The maximum absolute atomic E-state index is 12.6. The van der Waals surface area contributed by atoms with Crippen LogP contribution in [-0.2, 0) is 9.53 Å². The lowest BCUT2D eigenvalue weighted by atomic mass is 9.68. The summed E-state index contributed by atoms with van der Waals surface area (Å²) >= 11 is 0. The van der Waals surface area contributed by atoms with Gasteiger partial charge in [-0.1, -0.05) is 40.5 Å². The summed E-state index contributed by atoms with van der Waals surface area (Å²) in [5.41, 5.74) is -0.582. The number of esters is 1. The molecule has 0 saturated heterocycles. The number of hydrogen-bond donors (Lipinski definition) is 0. The maximum Gasteiger partial charge on any atom is 0.312 e. The van der Waals surface area contributed by atoms with Crippen molar-refractivity contribution in [1.29, 1.82) is 0 Å². The summed E-state index contributed by atoms with van der Waals surface area (Å²) in [6, 6.07) is 0. The van der Waals surface area contributed by atoms with Gasteiger partial charge in [0.25, 0.3) is 0 Å². The van der Waals surface area contributed by atoms with E-state index in [-0.39, 0.29) is 22.4 Å². The average Bonchev–Trinajstić information content (AvgIpc) is 2.65. The van der Waals surface area contributed by atoms with Crippen molar-refractivity contribution >= 4 is 5.97 Å². The molecule has 0 amide bonds. The lowest BCUT2D eigenvalue weighted by molar-refractivity contribution is -0.189. The number of carbonyl (C=O) groups is 1. The second kappa shape index (κ2) is 6.49. The molecule has 2 nitrogen and oxygen atoms in total. The van der Waals surface area contributed by atoms with Crippen LogP contribution in [0.4, 0.5) is 0 Å². The Bertz CT molecular complexity index is 320. The van der Waals surface area contributed by atoms with Crippen molar-refractivity contribution in [3.8, 4) is 0 Å². The number of ether oxygens (including phenoxy) is 1. The van der Waals surface area contributed by atoms with E-state index in [1.807, 2.05) is 13.8 Å². The van der Waals surface area contributed by atoms with Gasteiger partial charge in [-0.15, -0.1) is 0 Å². The molecule has 1 aliphatic carbocycles. The molecule has 0 aromatic carbocycles. The first-order valence-corrected chi connectivity index (χ1v) is 8.44. The summed E-state index contributed by atoms with van der Waals surface area (Å²) in [5, 5.41) is 0. The third kappa shape index (κ3) is 3.56. The smallest absolute Gasteiger partial charge is 0.312 e. The molecular weight excluding hydrogens is 248 g/mol. The Balaban J connectivity index is 3.02. The minimum absolute atomic E-state index is 0.0107. The summed E-state index contributed by atoms with van der Waals surface area (Å²) in [5.74, 6) is -0.0107. The van der Waals surface area contributed by atoms with E-state index >= 15 is 0 Å². The Morgan fingerprint density at radius 2 is 1.45 bits per heavy atom. The van der Waals surface area contributed by atoms with Crippen molar-refractivity contribution in [2.24, 2.45) is 10.8 Å². The Kier molecular flexibility index (Phi) is 5.69. The van der Waals surface area contributed by atoms with Crippen LogP contribution in [0.1, 0.15) is 92.9 Å². The predicted molar refractivity (Wildman–Crippen MR) is 84.7 cm³/mol. The fourth-order valence-electron chi connectivity index (χ4n) is 3.00. The van der Waals surface area contributed by atoms with Crippen LogP contribution in [0.15, 0.2) is 0 Å². The normalized spacial score (nSPS) is 20.3. The summed E-state index contributed by atoms with van der Waals surface area (Å²) in [4.78, 5) is 12.6. The zero-order chi connectivity index (χ0) is 15.4. The Morgan fingerprint density at radius 1 is 0.950 bits per heavy atom. The summed E-state index contributed by atoms with van der Waals surface area (Å²) in [7, 11) is 0. The topological polar surface area (TPSA) is 26.3 Å². The Hall–Kier alpha value is -0.530. The molecule has 20 heavy (non-hydrogen) atoms. The van der Waals surface area contributed by atoms with Gasteiger partial charge in [0, 0.05) is 5.41 Å². The Labute approximate surface area is 125 Å². The quantitative estimate of drug-likeness (QED) is 0.492. The van der Waals surface area contributed by atoms with Crippen LogP contribution >= 0.6 is 0 Å². The molecule has 0 spiro atoms. The molecule has 1 aliphatic rings. The second-order valence-corrected chi connectivity index (χ2v) is 7.77. The van der Waals surface area contributed by atoms with Crippen LogP contribution in [0.3, 0.4) is 0 Å². The molecule has 0 heterocycles. The van der Waals surface area contributed by atoms with Crippen LogP contribution in [0.2, 0.25) is 0 Å². The number of carbonyl (C=O) groups excluding carboxylic acids is 1. The third-order valence-electron chi connectivity index (χ3n) is 5.75. The van der Waals surface area contributed by atoms with Gasteiger partial charge in [-0.2, -0.15) is 0 Å². The van der Waals surface area contributed by atoms with Gasteiger partial charge >= 0.3 is 5.97 Å². The summed E-state index contributed by atoms with van der Waals surface area (Å²) < 4.78 is 6.23. The molecule has 1 rings (SSSR count). The molecule has 0 aliphatic heterocycles. The van der Waals surface area contributed by atoms with E-state index in [1.165, 1.54) is 25.7 Å². The first-order chi connectivity index (χ1) is 9.21. The molecule has 0 atom stereocenters. The molecule has 0 aromatic heterocycles. The van der Waals surface area contributed by atoms with Crippen molar-refractivity contribution < 1.29 is 9.53 Å². The van der Waals surface area contributed by atoms with E-state index in [1.54, 1.807) is 0 Å².